The lowest BCUT2D eigenvalue weighted by molar-refractivity contribution is -0.143. The van der Waals surface area contributed by atoms with Gasteiger partial charge in [-0.2, -0.15) is 0 Å². The zero-order valence-corrected chi connectivity index (χ0v) is 16.0. The van der Waals surface area contributed by atoms with Crippen LogP contribution in [0.3, 0.4) is 0 Å². The highest BCUT2D eigenvalue weighted by atomic mass is 32.1. The van der Waals surface area contributed by atoms with E-state index in [-0.39, 0.29) is 31.2 Å². The highest BCUT2D eigenvalue weighted by Gasteiger charge is 2.11. The molecule has 5 nitrogen and oxygen atoms in total. The molecule has 1 aromatic heterocycles. The number of ketones is 1. The van der Waals surface area contributed by atoms with E-state index < -0.39 is 5.97 Å². The summed E-state index contributed by atoms with van der Waals surface area (Å²) in [6.45, 7) is 1.67. The molecule has 0 saturated carbocycles. The smallest absolute Gasteiger partial charge is 0.312 e. The fourth-order valence-electron chi connectivity index (χ4n) is 2.53. The van der Waals surface area contributed by atoms with E-state index in [0.717, 1.165) is 0 Å². The number of para-hydroxylation sites is 1. The Labute approximate surface area is 165 Å². The second-order valence-electron chi connectivity index (χ2n) is 5.95. The molecule has 3 rings (SSSR count). The van der Waals surface area contributed by atoms with Crippen molar-refractivity contribution in [2.45, 2.75) is 13.3 Å². The lowest BCUT2D eigenvalue weighted by Crippen LogP contribution is -2.14. The first-order valence-corrected chi connectivity index (χ1v) is 9.49. The van der Waals surface area contributed by atoms with Gasteiger partial charge in [-0.05, 0) is 31.2 Å². The Morgan fingerprint density at radius 1 is 1.11 bits per heavy atom. The van der Waals surface area contributed by atoms with Gasteiger partial charge in [-0.3, -0.25) is 9.59 Å². The molecule has 0 aliphatic carbocycles. The van der Waals surface area contributed by atoms with E-state index in [0.29, 0.717) is 27.6 Å². The van der Waals surface area contributed by atoms with E-state index in [1.807, 2.05) is 0 Å². The molecular weight excluding hydrogens is 381 g/mol. The van der Waals surface area contributed by atoms with Gasteiger partial charge in [0.25, 0.3) is 0 Å². The topological polar surface area (TPSA) is 65.5 Å². The summed E-state index contributed by atoms with van der Waals surface area (Å²) in [5, 5.41) is 2.40. The van der Waals surface area contributed by atoms with Gasteiger partial charge in [-0.1, -0.05) is 24.3 Å². The van der Waals surface area contributed by atoms with E-state index in [9.17, 15) is 14.0 Å². The summed E-state index contributed by atoms with van der Waals surface area (Å²) in [6, 6.07) is 13.1. The summed E-state index contributed by atoms with van der Waals surface area (Å²) in [5.41, 5.74) is 1.72. The standard InChI is InChI=1S/C21H18FNO4S/c1-14(24)18-7-2-3-8-19(18)26-9-10-27-20(25)12-17-13-28-21(23-17)15-5-4-6-16(22)11-15/h2-8,11,13H,9-10,12H2,1H3. The van der Waals surface area contributed by atoms with Crippen LogP contribution < -0.4 is 4.74 Å². The third-order valence-electron chi connectivity index (χ3n) is 3.82. The number of esters is 1. The Balaban J connectivity index is 1.47. The molecule has 0 aliphatic rings. The number of Topliss-reactive ketones (excluding diaryl/α,β-unsaturated/α-hetero) is 1. The van der Waals surface area contributed by atoms with Crippen LogP contribution >= 0.6 is 11.3 Å². The summed E-state index contributed by atoms with van der Waals surface area (Å²) in [5.74, 6) is -0.393. The number of hydrogen-bond acceptors (Lipinski definition) is 6. The number of carbonyl (C=O) groups is 2. The molecular formula is C21H18FNO4S. The van der Waals surface area contributed by atoms with Gasteiger partial charge >= 0.3 is 5.97 Å². The van der Waals surface area contributed by atoms with Gasteiger partial charge in [0.05, 0.1) is 17.7 Å². The molecule has 2 aromatic carbocycles. The highest BCUT2D eigenvalue weighted by molar-refractivity contribution is 7.13. The minimum absolute atomic E-state index is 0.0237. The summed E-state index contributed by atoms with van der Waals surface area (Å²) < 4.78 is 24.0. The number of halogens is 1. The molecule has 1 heterocycles. The summed E-state index contributed by atoms with van der Waals surface area (Å²) in [4.78, 5) is 27.9. The van der Waals surface area contributed by atoms with E-state index >= 15 is 0 Å². The molecule has 0 radical (unpaired) electrons. The van der Waals surface area contributed by atoms with Crippen LogP contribution in [0.25, 0.3) is 10.6 Å². The average molecular weight is 399 g/mol. The van der Waals surface area contributed by atoms with Crippen molar-refractivity contribution in [3.63, 3.8) is 0 Å². The SMILES string of the molecule is CC(=O)c1ccccc1OCCOC(=O)Cc1csc(-c2cccc(F)c2)n1. The largest absolute Gasteiger partial charge is 0.489 e. The maximum atomic E-state index is 13.3. The second kappa shape index (κ2) is 9.23. The first-order valence-electron chi connectivity index (χ1n) is 8.61. The predicted octanol–water partition coefficient (Wildman–Crippen LogP) is 4.32. The Morgan fingerprint density at radius 3 is 2.71 bits per heavy atom. The molecule has 0 spiro atoms. The molecule has 0 unspecified atom stereocenters. The summed E-state index contributed by atoms with van der Waals surface area (Å²) >= 11 is 1.34. The zero-order chi connectivity index (χ0) is 19.9. The van der Waals surface area contributed by atoms with Gasteiger partial charge in [0.1, 0.15) is 29.8 Å². The van der Waals surface area contributed by atoms with Gasteiger partial charge in [0.15, 0.2) is 5.78 Å². The normalized spacial score (nSPS) is 10.5. The van der Waals surface area contributed by atoms with Crippen LogP contribution in [0.15, 0.2) is 53.9 Å². The molecule has 0 saturated heterocycles. The minimum Gasteiger partial charge on any atom is -0.489 e. The maximum Gasteiger partial charge on any atom is 0.312 e. The summed E-state index contributed by atoms with van der Waals surface area (Å²) in [7, 11) is 0. The first kappa shape index (κ1) is 19.7. The number of nitrogens with zero attached hydrogens (tertiary/aromatic N) is 1. The zero-order valence-electron chi connectivity index (χ0n) is 15.2. The maximum absolute atomic E-state index is 13.3. The molecule has 3 aromatic rings. The molecule has 28 heavy (non-hydrogen) atoms. The third-order valence-corrected chi connectivity index (χ3v) is 4.76. The quantitative estimate of drug-likeness (QED) is 0.321. The number of aromatic nitrogens is 1. The van der Waals surface area contributed by atoms with E-state index in [2.05, 4.69) is 4.98 Å². The molecule has 0 fully saturated rings. The number of thiazole rings is 1. The van der Waals surface area contributed by atoms with Gasteiger partial charge in [0.2, 0.25) is 0 Å². The molecule has 0 bridgehead atoms. The van der Waals surface area contributed by atoms with E-state index in [4.69, 9.17) is 9.47 Å². The molecule has 0 N–H and O–H groups in total. The van der Waals surface area contributed by atoms with Crippen molar-refractivity contribution >= 4 is 23.1 Å². The third kappa shape index (κ3) is 5.23. The number of ether oxygens (including phenoxy) is 2. The monoisotopic (exact) mass is 399 g/mol. The van der Waals surface area contributed by atoms with Crippen molar-refractivity contribution in [2.24, 2.45) is 0 Å². The van der Waals surface area contributed by atoms with Crippen LogP contribution in [0.5, 0.6) is 5.75 Å². The Hall–Kier alpha value is -3.06. The van der Waals surface area contributed by atoms with E-state index in [1.165, 1.54) is 30.4 Å². The van der Waals surface area contributed by atoms with E-state index in [1.54, 1.807) is 41.8 Å². The Bertz CT molecular complexity index is 986. The lowest BCUT2D eigenvalue weighted by Gasteiger charge is -2.09. The molecule has 7 heteroatoms. The molecule has 144 valence electrons. The molecule has 0 atom stereocenters. The summed E-state index contributed by atoms with van der Waals surface area (Å²) in [6.07, 6.45) is 0.0237. The fourth-order valence-corrected chi connectivity index (χ4v) is 3.35. The highest BCUT2D eigenvalue weighted by Crippen LogP contribution is 2.24. The van der Waals surface area contributed by atoms with Crippen molar-refractivity contribution < 1.29 is 23.5 Å². The van der Waals surface area contributed by atoms with Crippen molar-refractivity contribution in [1.82, 2.24) is 4.98 Å². The Kier molecular flexibility index (Phi) is 6.49. The predicted molar refractivity (Wildman–Crippen MR) is 104 cm³/mol. The number of hydrogen-bond donors (Lipinski definition) is 0. The van der Waals surface area contributed by atoms with Crippen LogP contribution in [0, 0.1) is 5.82 Å². The van der Waals surface area contributed by atoms with Crippen LogP contribution in [-0.4, -0.2) is 30.0 Å². The first-order chi connectivity index (χ1) is 13.5. The average Bonchev–Trinajstić information content (AvgIpc) is 3.14. The van der Waals surface area contributed by atoms with Gasteiger partial charge < -0.3 is 9.47 Å². The van der Waals surface area contributed by atoms with Gasteiger partial charge in [-0.15, -0.1) is 11.3 Å². The van der Waals surface area contributed by atoms with Gasteiger partial charge in [0, 0.05) is 10.9 Å². The van der Waals surface area contributed by atoms with Crippen molar-refractivity contribution in [2.75, 3.05) is 13.2 Å². The van der Waals surface area contributed by atoms with Crippen molar-refractivity contribution in [3.05, 3.63) is 71.0 Å². The lowest BCUT2D eigenvalue weighted by atomic mass is 10.1. The number of benzene rings is 2. The number of rotatable bonds is 8. The van der Waals surface area contributed by atoms with Crippen LogP contribution in [0.4, 0.5) is 4.39 Å². The number of carbonyl (C=O) groups excluding carboxylic acids is 2. The van der Waals surface area contributed by atoms with Crippen LogP contribution in [0.1, 0.15) is 23.0 Å². The minimum atomic E-state index is -0.431. The van der Waals surface area contributed by atoms with Gasteiger partial charge in [-0.25, -0.2) is 9.37 Å². The molecule has 0 amide bonds. The van der Waals surface area contributed by atoms with Crippen molar-refractivity contribution in [3.8, 4) is 16.3 Å². The van der Waals surface area contributed by atoms with Crippen LogP contribution in [-0.2, 0) is 16.0 Å². The van der Waals surface area contributed by atoms with Crippen LogP contribution in [0.2, 0.25) is 0 Å². The fraction of sp³-hybridized carbons (Fsp3) is 0.190. The van der Waals surface area contributed by atoms with Crippen molar-refractivity contribution in [1.29, 1.82) is 0 Å². The molecule has 0 aliphatic heterocycles. The second-order valence-corrected chi connectivity index (χ2v) is 6.81. The Morgan fingerprint density at radius 2 is 1.93 bits per heavy atom.